The Bertz CT molecular complexity index is 1130. The molecule has 7 nitrogen and oxygen atoms in total. The van der Waals surface area contributed by atoms with Crippen molar-refractivity contribution in [3.8, 4) is 11.3 Å². The van der Waals surface area contributed by atoms with Crippen LogP contribution in [-0.2, 0) is 19.7 Å². The van der Waals surface area contributed by atoms with Crippen LogP contribution in [0.15, 0.2) is 52.6 Å². The summed E-state index contributed by atoms with van der Waals surface area (Å²) in [6.45, 7) is 1.58. The van der Waals surface area contributed by atoms with E-state index in [0.717, 1.165) is 6.26 Å². The van der Waals surface area contributed by atoms with Gasteiger partial charge in [-0.05, 0) is 24.3 Å². The molecule has 2 aromatic heterocycles. The lowest BCUT2D eigenvalue weighted by atomic mass is 10.2. The molecule has 9 heteroatoms. The standard InChI is InChI=1S/C15H15N3O4S2/c1-3-24(21,22)13-6-4-5-11(9-13)14-8-7-12-10-16-15(17-18(12)14)23(2,19)20/h4-10H,3H2,1-2H3. The Morgan fingerprint density at radius 3 is 2.50 bits per heavy atom. The lowest BCUT2D eigenvalue weighted by Crippen LogP contribution is -2.08. The van der Waals surface area contributed by atoms with E-state index >= 15 is 0 Å². The van der Waals surface area contributed by atoms with Gasteiger partial charge in [0.2, 0.25) is 9.84 Å². The minimum absolute atomic E-state index is 0.00571. The molecule has 0 amide bonds. The third-order valence-corrected chi connectivity index (χ3v) is 6.16. The number of sulfone groups is 2. The first-order valence-electron chi connectivity index (χ1n) is 7.10. The zero-order chi connectivity index (χ0) is 17.5. The highest BCUT2D eigenvalue weighted by Crippen LogP contribution is 2.25. The maximum absolute atomic E-state index is 12.1. The van der Waals surface area contributed by atoms with Crippen molar-refractivity contribution in [2.45, 2.75) is 17.0 Å². The Morgan fingerprint density at radius 1 is 1.08 bits per heavy atom. The first-order chi connectivity index (χ1) is 11.2. The summed E-state index contributed by atoms with van der Waals surface area (Å²) in [5.41, 5.74) is 1.83. The predicted molar refractivity (Wildman–Crippen MR) is 89.3 cm³/mol. The maximum Gasteiger partial charge on any atom is 0.265 e. The fraction of sp³-hybridized carbons (Fsp3) is 0.200. The summed E-state index contributed by atoms with van der Waals surface area (Å²) in [5, 5.41) is 3.78. The average Bonchev–Trinajstić information content (AvgIpc) is 2.97. The van der Waals surface area contributed by atoms with Crippen LogP contribution in [0.5, 0.6) is 0 Å². The minimum Gasteiger partial charge on any atom is -0.229 e. The monoisotopic (exact) mass is 365 g/mol. The van der Waals surface area contributed by atoms with Crippen molar-refractivity contribution < 1.29 is 16.8 Å². The molecule has 3 rings (SSSR count). The molecule has 1 aromatic carbocycles. The summed E-state index contributed by atoms with van der Waals surface area (Å²) in [5.74, 6) is 0.00571. The van der Waals surface area contributed by atoms with Gasteiger partial charge in [0, 0.05) is 11.8 Å². The van der Waals surface area contributed by atoms with E-state index in [1.165, 1.54) is 16.8 Å². The number of nitrogens with zero attached hydrogens (tertiary/aromatic N) is 3. The third-order valence-electron chi connectivity index (χ3n) is 3.58. The summed E-state index contributed by atoms with van der Waals surface area (Å²) in [4.78, 5) is 4.06. The molecule has 24 heavy (non-hydrogen) atoms. The molecular weight excluding hydrogens is 350 g/mol. The fourth-order valence-electron chi connectivity index (χ4n) is 2.29. The Labute approximate surface area is 139 Å². The second kappa shape index (κ2) is 5.67. The van der Waals surface area contributed by atoms with Gasteiger partial charge >= 0.3 is 0 Å². The summed E-state index contributed by atoms with van der Waals surface area (Å²) in [6.07, 6.45) is 2.45. The van der Waals surface area contributed by atoms with E-state index in [4.69, 9.17) is 0 Å². The van der Waals surface area contributed by atoms with Gasteiger partial charge in [-0.2, -0.15) is 0 Å². The van der Waals surface area contributed by atoms with Crippen LogP contribution in [0.1, 0.15) is 6.92 Å². The maximum atomic E-state index is 12.1. The molecule has 0 fully saturated rings. The van der Waals surface area contributed by atoms with Gasteiger partial charge in [0.05, 0.1) is 28.1 Å². The van der Waals surface area contributed by atoms with Crippen LogP contribution in [0, 0.1) is 0 Å². The first-order valence-corrected chi connectivity index (χ1v) is 10.6. The van der Waals surface area contributed by atoms with Gasteiger partial charge in [-0.25, -0.2) is 26.3 Å². The van der Waals surface area contributed by atoms with Crippen LogP contribution in [0.4, 0.5) is 0 Å². The van der Waals surface area contributed by atoms with Crippen LogP contribution < -0.4 is 0 Å². The van der Waals surface area contributed by atoms with Crippen LogP contribution in [0.25, 0.3) is 16.8 Å². The SMILES string of the molecule is CCS(=O)(=O)c1cccc(-c2ccc3cnc(S(C)(=O)=O)nn23)c1. The van der Waals surface area contributed by atoms with Gasteiger partial charge in [-0.3, -0.25) is 0 Å². The van der Waals surface area contributed by atoms with Crippen molar-refractivity contribution in [2.75, 3.05) is 12.0 Å². The zero-order valence-electron chi connectivity index (χ0n) is 13.0. The summed E-state index contributed by atoms with van der Waals surface area (Å²) < 4.78 is 48.9. The van der Waals surface area contributed by atoms with E-state index in [-0.39, 0.29) is 15.8 Å². The van der Waals surface area contributed by atoms with Gasteiger partial charge in [0.25, 0.3) is 5.16 Å². The summed E-state index contributed by atoms with van der Waals surface area (Å²) >= 11 is 0. The van der Waals surface area contributed by atoms with Crippen molar-refractivity contribution in [3.05, 3.63) is 42.6 Å². The second-order valence-electron chi connectivity index (χ2n) is 5.30. The Hall–Kier alpha value is -2.26. The van der Waals surface area contributed by atoms with Crippen molar-refractivity contribution >= 4 is 25.2 Å². The molecule has 0 aliphatic rings. The molecule has 0 saturated heterocycles. The second-order valence-corrected chi connectivity index (χ2v) is 9.49. The van der Waals surface area contributed by atoms with Crippen molar-refractivity contribution in [3.63, 3.8) is 0 Å². The molecule has 0 aliphatic heterocycles. The van der Waals surface area contributed by atoms with Gasteiger partial charge in [-0.1, -0.05) is 19.1 Å². The smallest absolute Gasteiger partial charge is 0.229 e. The summed E-state index contributed by atoms with van der Waals surface area (Å²) in [7, 11) is -6.88. The van der Waals surface area contributed by atoms with Gasteiger partial charge < -0.3 is 0 Å². The molecule has 3 aromatic rings. The molecule has 0 bridgehead atoms. The van der Waals surface area contributed by atoms with Crippen molar-refractivity contribution in [1.29, 1.82) is 0 Å². The zero-order valence-corrected chi connectivity index (χ0v) is 14.7. The third kappa shape index (κ3) is 2.92. The average molecular weight is 365 g/mol. The van der Waals surface area contributed by atoms with E-state index in [1.54, 1.807) is 37.3 Å². The molecule has 0 unspecified atom stereocenters. The summed E-state index contributed by atoms with van der Waals surface area (Å²) in [6, 6.07) is 9.97. The molecule has 0 atom stereocenters. The van der Waals surface area contributed by atoms with E-state index in [9.17, 15) is 16.8 Å². The predicted octanol–water partition coefficient (Wildman–Crippen LogP) is 1.59. The van der Waals surface area contributed by atoms with Crippen LogP contribution in [0.2, 0.25) is 0 Å². The molecule has 0 aliphatic carbocycles. The number of benzene rings is 1. The fourth-order valence-corrected chi connectivity index (χ4v) is 3.69. The van der Waals surface area contributed by atoms with Crippen molar-refractivity contribution in [2.24, 2.45) is 0 Å². The van der Waals surface area contributed by atoms with Crippen LogP contribution in [0.3, 0.4) is 0 Å². The number of aromatic nitrogens is 3. The van der Waals surface area contributed by atoms with Crippen molar-refractivity contribution in [1.82, 2.24) is 14.6 Å². The van der Waals surface area contributed by atoms with Crippen LogP contribution in [-0.4, -0.2) is 43.4 Å². The van der Waals surface area contributed by atoms with Gasteiger partial charge in [0.15, 0.2) is 9.84 Å². The number of rotatable bonds is 4. The quantitative estimate of drug-likeness (QED) is 0.696. The lowest BCUT2D eigenvalue weighted by Gasteiger charge is -2.06. The molecule has 0 saturated carbocycles. The number of hydrogen-bond acceptors (Lipinski definition) is 6. The number of hydrogen-bond donors (Lipinski definition) is 0. The minimum atomic E-state index is -3.55. The molecule has 2 heterocycles. The largest absolute Gasteiger partial charge is 0.265 e. The Kier molecular flexibility index (Phi) is 3.92. The highest BCUT2D eigenvalue weighted by molar-refractivity contribution is 7.91. The highest BCUT2D eigenvalue weighted by Gasteiger charge is 2.16. The molecule has 0 spiro atoms. The van der Waals surface area contributed by atoms with Crippen LogP contribution >= 0.6 is 0 Å². The first kappa shape index (κ1) is 16.6. The van der Waals surface area contributed by atoms with E-state index in [0.29, 0.717) is 16.8 Å². The Balaban J connectivity index is 2.22. The highest BCUT2D eigenvalue weighted by atomic mass is 32.2. The lowest BCUT2D eigenvalue weighted by molar-refractivity contribution is 0.587. The normalized spacial score (nSPS) is 12.6. The van der Waals surface area contributed by atoms with Gasteiger partial charge in [-0.15, -0.1) is 5.10 Å². The van der Waals surface area contributed by atoms with Gasteiger partial charge in [0.1, 0.15) is 0 Å². The topological polar surface area (TPSA) is 98.5 Å². The Morgan fingerprint density at radius 2 is 1.83 bits per heavy atom. The van der Waals surface area contributed by atoms with E-state index in [1.807, 2.05) is 0 Å². The van der Waals surface area contributed by atoms with E-state index < -0.39 is 19.7 Å². The molecule has 126 valence electrons. The molecule has 0 N–H and O–H groups in total. The van der Waals surface area contributed by atoms with E-state index in [2.05, 4.69) is 10.1 Å². The number of fused-ring (bicyclic) bond motifs is 1. The molecular formula is C15H15N3O4S2. The molecule has 0 radical (unpaired) electrons.